The zero-order valence-electron chi connectivity index (χ0n) is 13.2. The summed E-state index contributed by atoms with van der Waals surface area (Å²) >= 11 is 0. The molecule has 0 amide bonds. The molecule has 0 aromatic carbocycles. The number of carboxylic acid groups (broad SMARTS) is 2. The number of carbonyl (C=O) groups excluding carboxylic acids is 1. The van der Waals surface area contributed by atoms with Crippen LogP contribution in [0.5, 0.6) is 0 Å². The van der Waals surface area contributed by atoms with E-state index in [4.69, 9.17) is 14.9 Å². The SMILES string of the molecule is C[C@@H](CCC(=O)O)CC(=O)O[C@H](CC(=O)O)C[N+](C)(C)C. The fourth-order valence-corrected chi connectivity index (χ4v) is 1.94. The molecule has 0 rings (SSSR count). The van der Waals surface area contributed by atoms with E-state index in [2.05, 4.69) is 0 Å². The van der Waals surface area contributed by atoms with Crippen LogP contribution in [0.1, 0.15) is 32.6 Å². The van der Waals surface area contributed by atoms with Crippen molar-refractivity contribution in [3.8, 4) is 0 Å². The van der Waals surface area contributed by atoms with Gasteiger partial charge in [-0.1, -0.05) is 6.92 Å². The first kappa shape index (κ1) is 19.4. The molecule has 0 aliphatic heterocycles. The molecule has 0 bridgehead atoms. The molecule has 0 aliphatic rings. The molecule has 122 valence electrons. The number of hydrogen-bond donors (Lipinski definition) is 2. The molecule has 0 radical (unpaired) electrons. The minimum absolute atomic E-state index is 0.00583. The Morgan fingerprint density at radius 2 is 1.62 bits per heavy atom. The highest BCUT2D eigenvalue weighted by molar-refractivity contribution is 5.72. The lowest BCUT2D eigenvalue weighted by molar-refractivity contribution is -0.873. The van der Waals surface area contributed by atoms with E-state index in [-0.39, 0.29) is 25.2 Å². The Morgan fingerprint density at radius 3 is 2.05 bits per heavy atom. The number of esters is 1. The van der Waals surface area contributed by atoms with Crippen molar-refractivity contribution in [2.24, 2.45) is 5.92 Å². The quantitative estimate of drug-likeness (QED) is 0.461. The third-order valence-corrected chi connectivity index (χ3v) is 2.82. The van der Waals surface area contributed by atoms with Crippen molar-refractivity contribution in [2.75, 3.05) is 27.7 Å². The molecule has 0 saturated heterocycles. The van der Waals surface area contributed by atoms with Crippen LogP contribution in [0.25, 0.3) is 0 Å². The zero-order valence-corrected chi connectivity index (χ0v) is 13.2. The molecular formula is C14H26NO6+. The van der Waals surface area contributed by atoms with Gasteiger partial charge in [0.15, 0.2) is 6.10 Å². The van der Waals surface area contributed by atoms with E-state index in [9.17, 15) is 14.4 Å². The minimum atomic E-state index is -1.01. The third-order valence-electron chi connectivity index (χ3n) is 2.82. The lowest BCUT2D eigenvalue weighted by Gasteiger charge is -2.28. The van der Waals surface area contributed by atoms with Crippen LogP contribution < -0.4 is 0 Å². The summed E-state index contributed by atoms with van der Waals surface area (Å²) < 4.78 is 5.72. The van der Waals surface area contributed by atoms with Crippen LogP contribution in [0.4, 0.5) is 0 Å². The smallest absolute Gasteiger partial charge is 0.307 e. The Labute approximate surface area is 125 Å². The van der Waals surface area contributed by atoms with E-state index in [0.29, 0.717) is 17.4 Å². The number of carboxylic acids is 2. The fraction of sp³-hybridized carbons (Fsp3) is 0.786. The van der Waals surface area contributed by atoms with Gasteiger partial charge in [0.1, 0.15) is 6.54 Å². The Bertz CT molecular complexity index is 374. The van der Waals surface area contributed by atoms with Gasteiger partial charge in [-0.15, -0.1) is 0 Å². The highest BCUT2D eigenvalue weighted by Gasteiger charge is 2.25. The molecule has 2 N–H and O–H groups in total. The molecule has 0 aromatic heterocycles. The zero-order chi connectivity index (χ0) is 16.6. The van der Waals surface area contributed by atoms with E-state index in [1.165, 1.54) is 0 Å². The fourth-order valence-electron chi connectivity index (χ4n) is 1.94. The first-order chi connectivity index (χ1) is 9.49. The number of nitrogens with zero attached hydrogens (tertiary/aromatic N) is 1. The number of quaternary nitrogens is 1. The molecule has 21 heavy (non-hydrogen) atoms. The van der Waals surface area contributed by atoms with Gasteiger partial charge in [0, 0.05) is 12.8 Å². The van der Waals surface area contributed by atoms with Gasteiger partial charge in [0.25, 0.3) is 0 Å². The third kappa shape index (κ3) is 11.9. The molecule has 0 aliphatic carbocycles. The van der Waals surface area contributed by atoms with Crippen LogP contribution in [0.2, 0.25) is 0 Å². The van der Waals surface area contributed by atoms with Crippen LogP contribution in [-0.2, 0) is 19.1 Å². The minimum Gasteiger partial charge on any atom is -0.481 e. The van der Waals surface area contributed by atoms with Crippen molar-refractivity contribution in [3.05, 3.63) is 0 Å². The second kappa shape index (κ2) is 8.61. The lowest BCUT2D eigenvalue weighted by Crippen LogP contribution is -2.43. The van der Waals surface area contributed by atoms with Crippen molar-refractivity contribution < 1.29 is 33.8 Å². The summed E-state index contributed by atoms with van der Waals surface area (Å²) in [5, 5.41) is 17.4. The van der Waals surface area contributed by atoms with Crippen LogP contribution in [0.3, 0.4) is 0 Å². The second-order valence-corrected chi connectivity index (χ2v) is 6.42. The van der Waals surface area contributed by atoms with Crippen LogP contribution >= 0.6 is 0 Å². The van der Waals surface area contributed by atoms with Gasteiger partial charge < -0.3 is 19.4 Å². The first-order valence-electron chi connectivity index (χ1n) is 6.93. The van der Waals surface area contributed by atoms with Crippen molar-refractivity contribution in [3.63, 3.8) is 0 Å². The first-order valence-corrected chi connectivity index (χ1v) is 6.93. The van der Waals surface area contributed by atoms with Crippen molar-refractivity contribution in [2.45, 2.75) is 38.7 Å². The van der Waals surface area contributed by atoms with Crippen molar-refractivity contribution >= 4 is 17.9 Å². The Balaban J connectivity index is 4.38. The van der Waals surface area contributed by atoms with E-state index in [1.807, 2.05) is 21.1 Å². The predicted octanol–water partition coefficient (Wildman–Crippen LogP) is 0.970. The molecule has 0 aromatic rings. The number of carbonyl (C=O) groups is 3. The molecule has 7 nitrogen and oxygen atoms in total. The highest BCUT2D eigenvalue weighted by atomic mass is 16.5. The van der Waals surface area contributed by atoms with E-state index in [0.717, 1.165) is 0 Å². The molecule has 0 spiro atoms. The van der Waals surface area contributed by atoms with Gasteiger partial charge in [-0.25, -0.2) is 0 Å². The lowest BCUT2D eigenvalue weighted by atomic mass is 10.0. The second-order valence-electron chi connectivity index (χ2n) is 6.42. The summed E-state index contributed by atoms with van der Waals surface area (Å²) in [6.07, 6.45) is -0.415. The Morgan fingerprint density at radius 1 is 1.05 bits per heavy atom. The number of rotatable bonds is 10. The van der Waals surface area contributed by atoms with Gasteiger partial charge in [0.05, 0.1) is 27.6 Å². The van der Waals surface area contributed by atoms with Gasteiger partial charge in [-0.05, 0) is 12.3 Å². The average molecular weight is 304 g/mol. The summed E-state index contributed by atoms with van der Waals surface area (Å²) in [6, 6.07) is 0. The van der Waals surface area contributed by atoms with Gasteiger partial charge in [-0.2, -0.15) is 0 Å². The standard InChI is InChI=1S/C14H25NO6/c1-10(5-6-12(16)17)7-14(20)21-11(8-13(18)19)9-15(2,3)4/h10-11H,5-9H2,1-4H3,(H-,16,17,18,19)/p+1/t10-,11+/m0/s1. The molecule has 2 atom stereocenters. The molecule has 0 unspecified atom stereocenters. The number of hydrogen-bond acceptors (Lipinski definition) is 4. The van der Waals surface area contributed by atoms with Gasteiger partial charge in [-0.3, -0.25) is 14.4 Å². The topological polar surface area (TPSA) is 101 Å². The van der Waals surface area contributed by atoms with Gasteiger partial charge in [0.2, 0.25) is 0 Å². The largest absolute Gasteiger partial charge is 0.481 e. The van der Waals surface area contributed by atoms with E-state index >= 15 is 0 Å². The summed E-state index contributed by atoms with van der Waals surface area (Å²) in [4.78, 5) is 33.1. The number of aliphatic carboxylic acids is 2. The van der Waals surface area contributed by atoms with Crippen molar-refractivity contribution in [1.82, 2.24) is 0 Å². The summed E-state index contributed by atoms with van der Waals surface area (Å²) in [7, 11) is 5.66. The van der Waals surface area contributed by atoms with Crippen molar-refractivity contribution in [1.29, 1.82) is 0 Å². The molecular weight excluding hydrogens is 278 g/mol. The van der Waals surface area contributed by atoms with Crippen LogP contribution in [0, 0.1) is 5.92 Å². The highest BCUT2D eigenvalue weighted by Crippen LogP contribution is 2.13. The number of ether oxygens (including phenoxy) is 1. The monoisotopic (exact) mass is 304 g/mol. The molecule has 0 fully saturated rings. The summed E-state index contributed by atoms with van der Waals surface area (Å²) in [5.41, 5.74) is 0. The maximum atomic E-state index is 11.8. The summed E-state index contributed by atoms with van der Waals surface area (Å²) in [6.45, 7) is 2.18. The average Bonchev–Trinajstić information content (AvgIpc) is 2.22. The Hall–Kier alpha value is -1.63. The van der Waals surface area contributed by atoms with E-state index < -0.39 is 24.0 Å². The van der Waals surface area contributed by atoms with Gasteiger partial charge >= 0.3 is 17.9 Å². The Kier molecular flexibility index (Phi) is 7.94. The normalized spacial score (nSPS) is 14.3. The van der Waals surface area contributed by atoms with E-state index in [1.54, 1.807) is 6.92 Å². The predicted molar refractivity (Wildman–Crippen MR) is 75.7 cm³/mol. The maximum Gasteiger partial charge on any atom is 0.307 e. The maximum absolute atomic E-state index is 11.8. The molecule has 0 saturated carbocycles. The summed E-state index contributed by atoms with van der Waals surface area (Å²) in [5.74, 6) is -2.50. The van der Waals surface area contributed by atoms with Crippen LogP contribution in [-0.4, -0.2) is 66.4 Å². The molecule has 0 heterocycles. The van der Waals surface area contributed by atoms with Crippen LogP contribution in [0.15, 0.2) is 0 Å². The number of likely N-dealkylation sites (N-methyl/N-ethyl adjacent to an activating group) is 1. The molecule has 7 heteroatoms.